The first-order valence-electron chi connectivity index (χ1n) is 12.8. The zero-order valence-corrected chi connectivity index (χ0v) is 21.2. The van der Waals surface area contributed by atoms with Gasteiger partial charge in [-0.2, -0.15) is 0 Å². The summed E-state index contributed by atoms with van der Waals surface area (Å²) in [6, 6.07) is 14.9. The van der Waals surface area contributed by atoms with Crippen LogP contribution in [0.5, 0.6) is 0 Å². The highest BCUT2D eigenvalue weighted by Crippen LogP contribution is 2.29. The van der Waals surface area contributed by atoms with Crippen LogP contribution in [0.4, 0.5) is 13.2 Å². The zero-order chi connectivity index (χ0) is 27.2. The summed E-state index contributed by atoms with van der Waals surface area (Å²) >= 11 is 0. The lowest BCUT2D eigenvalue weighted by Crippen LogP contribution is -2.53. The molecule has 0 spiro atoms. The predicted molar refractivity (Wildman–Crippen MR) is 139 cm³/mol. The number of nitrogens with two attached hydrogens (primary N) is 1. The number of hydrogen-bond donors (Lipinski definition) is 3. The van der Waals surface area contributed by atoms with E-state index in [1.807, 2.05) is 6.92 Å². The van der Waals surface area contributed by atoms with Crippen molar-refractivity contribution in [3.8, 4) is 0 Å². The van der Waals surface area contributed by atoms with Crippen molar-refractivity contribution in [3.63, 3.8) is 0 Å². The van der Waals surface area contributed by atoms with Crippen molar-refractivity contribution >= 4 is 5.78 Å². The van der Waals surface area contributed by atoms with Gasteiger partial charge in [0, 0.05) is 18.9 Å². The number of benzene rings is 3. The number of halogens is 3. The third-order valence-corrected chi connectivity index (χ3v) is 7.26. The van der Waals surface area contributed by atoms with Crippen LogP contribution in [0.15, 0.2) is 66.7 Å². The van der Waals surface area contributed by atoms with E-state index in [0.29, 0.717) is 41.6 Å². The highest BCUT2D eigenvalue weighted by atomic mass is 19.1. The number of aliphatic hydroxyl groups excluding tert-OH is 1. The Balaban J connectivity index is 1.52. The van der Waals surface area contributed by atoms with Crippen LogP contribution < -0.4 is 11.1 Å². The second-order valence-corrected chi connectivity index (χ2v) is 9.83. The standard InChI is InChI=1S/C30H33F3N2O3/c1-18-27(17-36)35-16-24(38-18)13-14-25-21(3-2-4-26(25)33)15-28(37)30(34)29(19-5-9-22(31)10-6-19)20-7-11-23(32)12-8-20/h2-12,18,24,27,29-30,35-36H,13-17,34H2,1H3/t18-,24+,27+,30+/m0/s1. The van der Waals surface area contributed by atoms with Gasteiger partial charge in [0.2, 0.25) is 0 Å². The van der Waals surface area contributed by atoms with Crippen LogP contribution in [0.2, 0.25) is 0 Å². The normalized spacial score (nSPS) is 20.4. The van der Waals surface area contributed by atoms with Gasteiger partial charge in [-0.1, -0.05) is 36.4 Å². The fourth-order valence-electron chi connectivity index (χ4n) is 5.07. The number of rotatable bonds is 10. The van der Waals surface area contributed by atoms with E-state index in [2.05, 4.69) is 5.32 Å². The van der Waals surface area contributed by atoms with E-state index in [4.69, 9.17) is 10.5 Å². The van der Waals surface area contributed by atoms with E-state index in [0.717, 1.165) is 0 Å². The topological polar surface area (TPSA) is 84.6 Å². The molecule has 8 heteroatoms. The summed E-state index contributed by atoms with van der Waals surface area (Å²) in [5.41, 5.74) is 8.72. The van der Waals surface area contributed by atoms with Crippen LogP contribution >= 0.6 is 0 Å². The Bertz CT molecular complexity index is 1170. The molecule has 0 aliphatic carbocycles. The van der Waals surface area contributed by atoms with Gasteiger partial charge in [0.25, 0.3) is 0 Å². The molecule has 0 aromatic heterocycles. The van der Waals surface area contributed by atoms with Crippen LogP contribution in [0, 0.1) is 17.5 Å². The Kier molecular flexibility index (Phi) is 9.33. The summed E-state index contributed by atoms with van der Waals surface area (Å²) in [5, 5.41) is 12.6. The molecule has 1 heterocycles. The van der Waals surface area contributed by atoms with Gasteiger partial charge in [-0.05, 0) is 72.4 Å². The number of nitrogens with one attached hydrogen (secondary N) is 1. The zero-order valence-electron chi connectivity index (χ0n) is 21.2. The minimum Gasteiger partial charge on any atom is -0.395 e. The van der Waals surface area contributed by atoms with E-state index in [1.165, 1.54) is 30.3 Å². The third-order valence-electron chi connectivity index (χ3n) is 7.26. The maximum atomic E-state index is 14.9. The van der Waals surface area contributed by atoms with E-state index in [9.17, 15) is 23.1 Å². The molecule has 1 aliphatic rings. The van der Waals surface area contributed by atoms with E-state index >= 15 is 0 Å². The lowest BCUT2D eigenvalue weighted by molar-refractivity contribution is -0.119. The second-order valence-electron chi connectivity index (χ2n) is 9.83. The highest BCUT2D eigenvalue weighted by Gasteiger charge is 2.30. The summed E-state index contributed by atoms with van der Waals surface area (Å²) in [5.74, 6) is -2.19. The summed E-state index contributed by atoms with van der Waals surface area (Å²) in [7, 11) is 0. The van der Waals surface area contributed by atoms with Crippen LogP contribution in [-0.2, 0) is 22.4 Å². The predicted octanol–water partition coefficient (Wildman–Crippen LogP) is 4.05. The Morgan fingerprint density at radius 1 is 1.03 bits per heavy atom. The Hall–Kier alpha value is -3.04. The Morgan fingerprint density at radius 2 is 1.63 bits per heavy atom. The summed E-state index contributed by atoms with van der Waals surface area (Å²) < 4.78 is 48.1. The molecule has 3 aromatic rings. The molecule has 202 valence electrons. The quantitative estimate of drug-likeness (QED) is 0.371. The molecule has 0 saturated carbocycles. The number of morpholine rings is 1. The Morgan fingerprint density at radius 3 is 2.18 bits per heavy atom. The van der Waals surface area contributed by atoms with E-state index < -0.39 is 29.4 Å². The van der Waals surface area contributed by atoms with Crippen LogP contribution in [0.25, 0.3) is 0 Å². The van der Waals surface area contributed by atoms with Gasteiger partial charge in [-0.3, -0.25) is 4.79 Å². The first-order valence-corrected chi connectivity index (χ1v) is 12.8. The summed E-state index contributed by atoms with van der Waals surface area (Å²) in [6.45, 7) is 2.40. The highest BCUT2D eigenvalue weighted by molar-refractivity contribution is 5.87. The number of carbonyl (C=O) groups excluding carboxylic acids is 1. The number of hydrogen-bond acceptors (Lipinski definition) is 5. The monoisotopic (exact) mass is 526 g/mol. The van der Waals surface area contributed by atoms with Crippen LogP contribution in [0.1, 0.15) is 41.5 Å². The molecule has 1 saturated heterocycles. The first-order chi connectivity index (χ1) is 18.3. The largest absolute Gasteiger partial charge is 0.395 e. The number of aliphatic hydroxyl groups is 1. The minimum atomic E-state index is -1.02. The molecule has 0 bridgehead atoms. The molecule has 0 unspecified atom stereocenters. The molecule has 4 atom stereocenters. The van der Waals surface area contributed by atoms with Crippen molar-refractivity contribution in [1.82, 2.24) is 5.32 Å². The van der Waals surface area contributed by atoms with Crippen molar-refractivity contribution in [3.05, 3.63) is 106 Å². The van der Waals surface area contributed by atoms with Gasteiger partial charge in [-0.15, -0.1) is 0 Å². The molecule has 4 rings (SSSR count). The van der Waals surface area contributed by atoms with Crippen molar-refractivity contribution in [2.75, 3.05) is 13.2 Å². The van der Waals surface area contributed by atoms with Gasteiger partial charge in [0.05, 0.1) is 30.9 Å². The molecule has 1 aliphatic heterocycles. The van der Waals surface area contributed by atoms with Gasteiger partial charge in [0.1, 0.15) is 17.5 Å². The van der Waals surface area contributed by atoms with E-state index in [1.54, 1.807) is 36.4 Å². The molecule has 0 amide bonds. The number of ketones is 1. The molecular weight excluding hydrogens is 493 g/mol. The average Bonchev–Trinajstić information content (AvgIpc) is 2.90. The van der Waals surface area contributed by atoms with Crippen molar-refractivity contribution < 1.29 is 27.8 Å². The fourth-order valence-corrected chi connectivity index (χ4v) is 5.07. The number of carbonyl (C=O) groups is 1. The van der Waals surface area contributed by atoms with Gasteiger partial charge >= 0.3 is 0 Å². The molecule has 1 fully saturated rings. The fraction of sp³-hybridized carbons (Fsp3) is 0.367. The Labute approximate surface area is 220 Å². The lowest BCUT2D eigenvalue weighted by Gasteiger charge is -2.35. The third kappa shape index (κ3) is 6.69. The molecule has 38 heavy (non-hydrogen) atoms. The maximum Gasteiger partial charge on any atom is 0.154 e. The van der Waals surface area contributed by atoms with Crippen molar-refractivity contribution in [2.24, 2.45) is 5.73 Å². The molecular formula is C30H33F3N2O3. The molecule has 3 aromatic carbocycles. The van der Waals surface area contributed by atoms with Gasteiger partial charge in [0.15, 0.2) is 5.78 Å². The van der Waals surface area contributed by atoms with Crippen molar-refractivity contribution in [1.29, 1.82) is 0 Å². The minimum absolute atomic E-state index is 0.0233. The number of ether oxygens (including phenoxy) is 1. The molecule has 5 nitrogen and oxygen atoms in total. The smallest absolute Gasteiger partial charge is 0.154 e. The summed E-state index contributed by atoms with van der Waals surface area (Å²) in [4.78, 5) is 13.5. The maximum absolute atomic E-state index is 14.9. The lowest BCUT2D eigenvalue weighted by atomic mass is 9.82. The van der Waals surface area contributed by atoms with E-state index in [-0.39, 0.29) is 37.1 Å². The van der Waals surface area contributed by atoms with Crippen LogP contribution in [0.3, 0.4) is 0 Å². The van der Waals surface area contributed by atoms with Crippen molar-refractivity contribution in [2.45, 2.75) is 56.4 Å². The summed E-state index contributed by atoms with van der Waals surface area (Å²) in [6.07, 6.45) is 0.497. The number of Topliss-reactive ketones (excluding diaryl/α,β-unsaturated/α-hetero) is 1. The van der Waals surface area contributed by atoms with Gasteiger partial charge in [-0.25, -0.2) is 13.2 Å². The average molecular weight is 527 g/mol. The van der Waals surface area contributed by atoms with Gasteiger partial charge < -0.3 is 20.9 Å². The first kappa shape index (κ1) is 28.0. The molecule has 0 radical (unpaired) electrons. The second kappa shape index (κ2) is 12.7. The SMILES string of the molecule is C[C@@H]1O[C@H](CCc2c(F)cccc2CC(=O)[C@@H](N)C(c2ccc(F)cc2)c2ccc(F)cc2)CN[C@@H]1CO. The van der Waals surface area contributed by atoms with Crippen LogP contribution in [-0.4, -0.2) is 48.3 Å². The molecule has 4 N–H and O–H groups in total.